The summed E-state index contributed by atoms with van der Waals surface area (Å²) in [5.41, 5.74) is -0.292. The van der Waals surface area contributed by atoms with Gasteiger partial charge in [0.1, 0.15) is 0 Å². The van der Waals surface area contributed by atoms with Crippen LogP contribution in [0.4, 0.5) is 0 Å². The van der Waals surface area contributed by atoms with Gasteiger partial charge in [0.25, 0.3) is 0 Å². The maximum atomic E-state index is 12.2. The number of carboxylic acid groups (broad SMARTS) is 1. The first-order valence-electron chi connectivity index (χ1n) is 8.16. The van der Waals surface area contributed by atoms with E-state index in [0.717, 1.165) is 45.3 Å². The molecule has 21 heavy (non-hydrogen) atoms. The lowest BCUT2D eigenvalue weighted by atomic mass is 9.79. The topological polar surface area (TPSA) is 69.6 Å². The minimum Gasteiger partial charge on any atom is -0.481 e. The van der Waals surface area contributed by atoms with Crippen LogP contribution >= 0.6 is 0 Å². The number of carboxylic acids is 1. The summed E-state index contributed by atoms with van der Waals surface area (Å²) in [4.78, 5) is 25.5. The van der Waals surface area contributed by atoms with E-state index in [4.69, 9.17) is 5.11 Å². The van der Waals surface area contributed by atoms with Gasteiger partial charge in [0.15, 0.2) is 0 Å². The van der Waals surface area contributed by atoms with Crippen LogP contribution in [-0.2, 0) is 9.59 Å². The average Bonchev–Trinajstić information content (AvgIpc) is 2.83. The van der Waals surface area contributed by atoms with Gasteiger partial charge >= 0.3 is 5.97 Å². The highest BCUT2D eigenvalue weighted by Gasteiger charge is 2.38. The van der Waals surface area contributed by atoms with Crippen molar-refractivity contribution < 1.29 is 14.7 Å². The summed E-state index contributed by atoms with van der Waals surface area (Å²) >= 11 is 0. The number of hydrogen-bond donors (Lipinski definition) is 2. The van der Waals surface area contributed by atoms with Crippen LogP contribution in [0.25, 0.3) is 0 Å². The second kappa shape index (κ2) is 7.25. The zero-order valence-electron chi connectivity index (χ0n) is 13.1. The van der Waals surface area contributed by atoms with Gasteiger partial charge in [-0.05, 0) is 50.6 Å². The third-order valence-corrected chi connectivity index (χ3v) is 5.04. The van der Waals surface area contributed by atoms with Gasteiger partial charge in [-0.2, -0.15) is 0 Å². The molecule has 0 aromatic rings. The minimum absolute atomic E-state index is 0.0337. The minimum atomic E-state index is -0.779. The molecule has 1 aliphatic carbocycles. The van der Waals surface area contributed by atoms with E-state index in [1.165, 1.54) is 12.8 Å². The van der Waals surface area contributed by atoms with Crippen LogP contribution < -0.4 is 5.32 Å². The SMILES string of the molecule is CN1CCCC(CNC(=O)CC2(CC(=O)O)CCCC2)C1. The van der Waals surface area contributed by atoms with Crippen molar-refractivity contribution in [1.29, 1.82) is 0 Å². The summed E-state index contributed by atoms with van der Waals surface area (Å²) < 4.78 is 0. The van der Waals surface area contributed by atoms with Crippen molar-refractivity contribution in [2.24, 2.45) is 11.3 Å². The van der Waals surface area contributed by atoms with E-state index in [0.29, 0.717) is 12.3 Å². The number of carbonyl (C=O) groups is 2. The van der Waals surface area contributed by atoms with Crippen LogP contribution in [0, 0.1) is 11.3 Å². The average molecular weight is 296 g/mol. The Morgan fingerprint density at radius 1 is 1.24 bits per heavy atom. The van der Waals surface area contributed by atoms with E-state index in [2.05, 4.69) is 17.3 Å². The number of likely N-dealkylation sites (tertiary alicyclic amines) is 1. The Morgan fingerprint density at radius 3 is 2.57 bits per heavy atom. The smallest absolute Gasteiger partial charge is 0.303 e. The van der Waals surface area contributed by atoms with Gasteiger partial charge in [0.05, 0.1) is 6.42 Å². The van der Waals surface area contributed by atoms with Crippen LogP contribution in [0.1, 0.15) is 51.4 Å². The van der Waals surface area contributed by atoms with E-state index >= 15 is 0 Å². The number of hydrogen-bond acceptors (Lipinski definition) is 3. The number of nitrogens with zero attached hydrogens (tertiary/aromatic N) is 1. The van der Waals surface area contributed by atoms with Crippen molar-refractivity contribution in [2.45, 2.75) is 51.4 Å². The summed E-state index contributed by atoms with van der Waals surface area (Å²) in [5.74, 6) is -0.211. The standard InChI is InChI=1S/C16H28N2O3/c1-18-8-4-5-13(12-18)11-17-14(19)9-16(10-15(20)21)6-2-3-7-16/h13H,2-12H2,1H3,(H,17,19)(H,20,21). The molecule has 0 aromatic carbocycles. The van der Waals surface area contributed by atoms with Crippen molar-refractivity contribution in [3.8, 4) is 0 Å². The summed E-state index contributed by atoms with van der Waals surface area (Å²) in [6.45, 7) is 2.92. The van der Waals surface area contributed by atoms with Crippen molar-refractivity contribution in [2.75, 3.05) is 26.7 Å². The number of amides is 1. The van der Waals surface area contributed by atoms with E-state index in [1.807, 2.05) is 0 Å². The normalized spacial score (nSPS) is 25.7. The number of aliphatic carboxylic acids is 1. The third-order valence-electron chi connectivity index (χ3n) is 5.04. The van der Waals surface area contributed by atoms with Crippen molar-refractivity contribution in [3.63, 3.8) is 0 Å². The second-order valence-electron chi connectivity index (χ2n) is 7.03. The molecule has 2 fully saturated rings. The molecule has 0 radical (unpaired) electrons. The molecule has 0 aromatic heterocycles. The van der Waals surface area contributed by atoms with Gasteiger partial charge in [-0.3, -0.25) is 9.59 Å². The van der Waals surface area contributed by atoms with Crippen LogP contribution in [0.2, 0.25) is 0 Å². The van der Waals surface area contributed by atoms with Gasteiger partial charge in [-0.1, -0.05) is 12.8 Å². The molecule has 120 valence electrons. The highest BCUT2D eigenvalue weighted by molar-refractivity contribution is 5.78. The Balaban J connectivity index is 1.78. The molecule has 0 bridgehead atoms. The van der Waals surface area contributed by atoms with Crippen LogP contribution in [0.5, 0.6) is 0 Å². The Bertz CT molecular complexity index is 378. The van der Waals surface area contributed by atoms with Gasteiger partial charge in [-0.15, -0.1) is 0 Å². The van der Waals surface area contributed by atoms with Crippen LogP contribution in [0.3, 0.4) is 0 Å². The molecule has 0 spiro atoms. The van der Waals surface area contributed by atoms with Crippen LogP contribution in [-0.4, -0.2) is 48.6 Å². The molecule has 2 rings (SSSR count). The van der Waals surface area contributed by atoms with Crippen molar-refractivity contribution >= 4 is 11.9 Å². The zero-order chi connectivity index (χ0) is 15.3. The fourth-order valence-electron chi connectivity index (χ4n) is 3.96. The Morgan fingerprint density at radius 2 is 1.95 bits per heavy atom. The second-order valence-corrected chi connectivity index (χ2v) is 7.03. The Hall–Kier alpha value is -1.10. The van der Waals surface area contributed by atoms with Gasteiger partial charge < -0.3 is 15.3 Å². The molecule has 1 saturated carbocycles. The summed E-state index contributed by atoms with van der Waals surface area (Å²) in [6, 6.07) is 0. The molecule has 2 N–H and O–H groups in total. The van der Waals surface area contributed by atoms with Crippen molar-refractivity contribution in [3.05, 3.63) is 0 Å². The number of carbonyl (C=O) groups excluding carboxylic acids is 1. The predicted octanol–water partition coefficient (Wildman–Crippen LogP) is 1.87. The lowest BCUT2D eigenvalue weighted by Gasteiger charge is -2.30. The van der Waals surface area contributed by atoms with E-state index in [-0.39, 0.29) is 17.7 Å². The lowest BCUT2D eigenvalue weighted by molar-refractivity contribution is -0.140. The molecule has 1 unspecified atom stereocenters. The number of rotatable bonds is 6. The third kappa shape index (κ3) is 4.99. The predicted molar refractivity (Wildman–Crippen MR) is 81.0 cm³/mol. The van der Waals surface area contributed by atoms with Gasteiger partial charge in [0, 0.05) is 19.5 Å². The number of nitrogens with one attached hydrogen (secondary N) is 1. The molecule has 1 amide bonds. The Labute approximate surface area is 127 Å². The first-order valence-corrected chi connectivity index (χ1v) is 8.16. The molecule has 5 nitrogen and oxygen atoms in total. The van der Waals surface area contributed by atoms with Crippen LogP contribution in [0.15, 0.2) is 0 Å². The highest BCUT2D eigenvalue weighted by atomic mass is 16.4. The largest absolute Gasteiger partial charge is 0.481 e. The summed E-state index contributed by atoms with van der Waals surface area (Å²) in [7, 11) is 2.12. The molecule has 1 heterocycles. The van der Waals surface area contributed by atoms with E-state index < -0.39 is 5.97 Å². The fourth-order valence-corrected chi connectivity index (χ4v) is 3.96. The fraction of sp³-hybridized carbons (Fsp3) is 0.875. The van der Waals surface area contributed by atoms with Crippen molar-refractivity contribution in [1.82, 2.24) is 10.2 Å². The first kappa shape index (κ1) is 16.3. The molecule has 2 aliphatic rings. The maximum absolute atomic E-state index is 12.2. The lowest BCUT2D eigenvalue weighted by Crippen LogP contribution is -2.40. The first-order chi connectivity index (χ1) is 9.99. The highest BCUT2D eigenvalue weighted by Crippen LogP contribution is 2.44. The zero-order valence-corrected chi connectivity index (χ0v) is 13.1. The molecule has 1 atom stereocenters. The molecule has 1 saturated heterocycles. The summed E-state index contributed by atoms with van der Waals surface area (Å²) in [6.07, 6.45) is 6.72. The maximum Gasteiger partial charge on any atom is 0.303 e. The quantitative estimate of drug-likeness (QED) is 0.785. The van der Waals surface area contributed by atoms with E-state index in [1.54, 1.807) is 0 Å². The van der Waals surface area contributed by atoms with Gasteiger partial charge in [-0.25, -0.2) is 0 Å². The molecule has 5 heteroatoms. The molecular weight excluding hydrogens is 268 g/mol. The monoisotopic (exact) mass is 296 g/mol. The summed E-state index contributed by atoms with van der Waals surface area (Å²) in [5, 5.41) is 12.1. The molecular formula is C16H28N2O3. The van der Waals surface area contributed by atoms with Gasteiger partial charge in [0.2, 0.25) is 5.91 Å². The molecule has 1 aliphatic heterocycles. The Kier molecular flexibility index (Phi) is 5.62. The number of piperidine rings is 1. The van der Waals surface area contributed by atoms with E-state index in [9.17, 15) is 9.59 Å².